The molecule has 1 unspecified atom stereocenters. The number of methoxy groups -OCH3 is 1. The quantitative estimate of drug-likeness (QED) is 0.250. The number of phenolic OH excluding ortho intramolecular Hbond substituents is 1. The molecule has 8 heteroatoms. The molecule has 0 saturated carbocycles. The largest absolute Gasteiger partial charge is 0.508 e. The minimum absolute atomic E-state index is 0.0213. The summed E-state index contributed by atoms with van der Waals surface area (Å²) in [5.41, 5.74) is 1.47. The van der Waals surface area contributed by atoms with Crippen LogP contribution in [0.15, 0.2) is 80.7 Å². The Bertz CT molecular complexity index is 1890. The topological polar surface area (TPSA) is 119 Å². The van der Waals surface area contributed by atoms with E-state index in [0.717, 1.165) is 29.3 Å². The number of benzene rings is 3. The summed E-state index contributed by atoms with van der Waals surface area (Å²) in [6.45, 7) is 0.517. The molecule has 0 aliphatic carbocycles. The minimum Gasteiger partial charge on any atom is -0.508 e. The van der Waals surface area contributed by atoms with E-state index in [0.29, 0.717) is 12.1 Å². The number of hydrogen-bond donors (Lipinski definition) is 2. The molecule has 1 aliphatic heterocycles. The number of ether oxygens (including phenoxy) is 1. The predicted octanol–water partition coefficient (Wildman–Crippen LogP) is 4.83. The van der Waals surface area contributed by atoms with E-state index in [2.05, 4.69) is 0 Å². The molecule has 5 aromatic rings. The molecule has 1 atom stereocenters. The number of esters is 1. The van der Waals surface area contributed by atoms with Crippen LogP contribution >= 0.6 is 0 Å². The Morgan fingerprint density at radius 3 is 2.62 bits per heavy atom. The van der Waals surface area contributed by atoms with Crippen LogP contribution in [0.5, 0.6) is 11.5 Å². The van der Waals surface area contributed by atoms with Crippen LogP contribution in [0.2, 0.25) is 0 Å². The second kappa shape index (κ2) is 9.47. The molecule has 2 N–H and O–H groups in total. The monoisotopic (exact) mass is 523 g/mol. The number of aryl methyl sites for hydroxylation is 2. The standard InChI is InChI=1S/C31H25NO7/c1-38-24(34)16-21(22-15-19-10-5-9-18-11-6-14-32(27(18)19)30(22)36)26-23(33)13-12-20-28(35)25(31(37)39-29(20)26)17-7-3-2-4-8-17/h2-5,7-10,12-13,15,21,33,35H,6,11,14,16H2,1H3. The number of carbonyl (C=O) groups excluding carboxylic acids is 1. The van der Waals surface area contributed by atoms with Crippen molar-refractivity contribution < 1.29 is 24.2 Å². The van der Waals surface area contributed by atoms with Gasteiger partial charge in [-0.2, -0.15) is 0 Å². The number of carbonyl (C=O) groups is 1. The van der Waals surface area contributed by atoms with Crippen molar-refractivity contribution in [3.05, 3.63) is 104 Å². The molecule has 0 fully saturated rings. The molecule has 6 rings (SSSR count). The second-order valence-electron chi connectivity index (χ2n) is 9.70. The van der Waals surface area contributed by atoms with Gasteiger partial charge in [0.2, 0.25) is 0 Å². The zero-order chi connectivity index (χ0) is 27.3. The number of fused-ring (bicyclic) bond motifs is 1. The number of pyridine rings is 1. The van der Waals surface area contributed by atoms with Crippen molar-refractivity contribution in [3.63, 3.8) is 0 Å². The minimum atomic E-state index is -1.02. The Kier molecular flexibility index (Phi) is 5.95. The molecule has 0 spiro atoms. The predicted molar refractivity (Wildman–Crippen MR) is 146 cm³/mol. The van der Waals surface area contributed by atoms with E-state index < -0.39 is 17.5 Å². The summed E-state index contributed by atoms with van der Waals surface area (Å²) in [6.07, 6.45) is 1.36. The van der Waals surface area contributed by atoms with E-state index in [1.165, 1.54) is 19.2 Å². The van der Waals surface area contributed by atoms with E-state index in [9.17, 15) is 24.6 Å². The maximum atomic E-state index is 13.9. The van der Waals surface area contributed by atoms with Gasteiger partial charge in [0.25, 0.3) is 5.56 Å². The van der Waals surface area contributed by atoms with Gasteiger partial charge in [0, 0.05) is 23.6 Å². The summed E-state index contributed by atoms with van der Waals surface area (Å²) < 4.78 is 12.4. The number of rotatable bonds is 5. The van der Waals surface area contributed by atoms with Crippen molar-refractivity contribution in [2.45, 2.75) is 31.7 Å². The van der Waals surface area contributed by atoms with Crippen molar-refractivity contribution in [1.29, 1.82) is 0 Å². The third-order valence-corrected chi connectivity index (χ3v) is 7.50. The zero-order valence-corrected chi connectivity index (χ0v) is 21.1. The molecule has 1 aliphatic rings. The van der Waals surface area contributed by atoms with Crippen LogP contribution in [0.3, 0.4) is 0 Å². The molecule has 8 nitrogen and oxygen atoms in total. The van der Waals surface area contributed by atoms with Crippen molar-refractivity contribution in [2.24, 2.45) is 0 Å². The number of nitrogens with zero attached hydrogens (tertiary/aromatic N) is 1. The Morgan fingerprint density at radius 2 is 1.85 bits per heavy atom. The van der Waals surface area contributed by atoms with Crippen LogP contribution in [0.25, 0.3) is 33.0 Å². The first-order chi connectivity index (χ1) is 18.9. The van der Waals surface area contributed by atoms with E-state index >= 15 is 0 Å². The van der Waals surface area contributed by atoms with Gasteiger partial charge in [0.05, 0.1) is 24.4 Å². The number of phenols is 1. The smallest absolute Gasteiger partial charge is 0.347 e. The summed E-state index contributed by atoms with van der Waals surface area (Å²) in [5, 5.41) is 23.3. The lowest BCUT2D eigenvalue weighted by molar-refractivity contribution is -0.140. The van der Waals surface area contributed by atoms with Gasteiger partial charge in [-0.25, -0.2) is 4.79 Å². The SMILES string of the molecule is COC(=O)CC(c1cc2cccc3c2n(c1=O)CCC3)c1c(O)ccc2c(O)c(-c3ccccc3)c(=O)oc12. The van der Waals surface area contributed by atoms with Gasteiger partial charge in [0.1, 0.15) is 22.6 Å². The van der Waals surface area contributed by atoms with Crippen LogP contribution in [0.4, 0.5) is 0 Å². The summed E-state index contributed by atoms with van der Waals surface area (Å²) in [7, 11) is 1.24. The number of para-hydroxylation sites is 1. The lowest BCUT2D eigenvalue weighted by Gasteiger charge is -2.24. The highest BCUT2D eigenvalue weighted by molar-refractivity contribution is 5.94. The van der Waals surface area contributed by atoms with Gasteiger partial charge in [-0.05, 0) is 47.6 Å². The molecule has 2 aromatic heterocycles. The van der Waals surface area contributed by atoms with Crippen LogP contribution in [0.1, 0.15) is 35.4 Å². The fourth-order valence-corrected chi connectivity index (χ4v) is 5.71. The third kappa shape index (κ3) is 3.96. The third-order valence-electron chi connectivity index (χ3n) is 7.50. The van der Waals surface area contributed by atoms with Crippen molar-refractivity contribution >= 4 is 27.8 Å². The maximum Gasteiger partial charge on any atom is 0.347 e. The van der Waals surface area contributed by atoms with Gasteiger partial charge >= 0.3 is 11.6 Å². The first kappa shape index (κ1) is 24.5. The van der Waals surface area contributed by atoms with Crippen molar-refractivity contribution in [3.8, 4) is 22.6 Å². The van der Waals surface area contributed by atoms with Gasteiger partial charge < -0.3 is 23.9 Å². The highest BCUT2D eigenvalue weighted by Gasteiger charge is 2.31. The average molecular weight is 524 g/mol. The Hall–Kier alpha value is -4.85. The molecule has 0 saturated heterocycles. The zero-order valence-electron chi connectivity index (χ0n) is 21.1. The Labute approximate surface area is 222 Å². The van der Waals surface area contributed by atoms with Crippen molar-refractivity contribution in [1.82, 2.24) is 4.57 Å². The summed E-state index contributed by atoms with van der Waals surface area (Å²) in [6, 6.07) is 19.0. The highest BCUT2D eigenvalue weighted by Crippen LogP contribution is 2.43. The molecule has 3 heterocycles. The van der Waals surface area contributed by atoms with Gasteiger partial charge in [-0.1, -0.05) is 48.5 Å². The summed E-state index contributed by atoms with van der Waals surface area (Å²) >= 11 is 0. The normalized spacial score (nSPS) is 13.5. The summed E-state index contributed by atoms with van der Waals surface area (Å²) in [5.74, 6) is -2.23. The molecule has 0 bridgehead atoms. The van der Waals surface area contributed by atoms with E-state index in [4.69, 9.17) is 9.15 Å². The molecule has 0 amide bonds. The van der Waals surface area contributed by atoms with Crippen LogP contribution in [-0.2, 0) is 22.5 Å². The van der Waals surface area contributed by atoms with Gasteiger partial charge in [0.15, 0.2) is 0 Å². The Balaban J connectivity index is 1.66. The molecule has 196 valence electrons. The van der Waals surface area contributed by atoms with E-state index in [1.54, 1.807) is 41.0 Å². The molecule has 39 heavy (non-hydrogen) atoms. The highest BCUT2D eigenvalue weighted by atomic mass is 16.5. The second-order valence-corrected chi connectivity index (χ2v) is 9.70. The maximum absolute atomic E-state index is 13.9. The fraction of sp³-hybridized carbons (Fsp3) is 0.194. The van der Waals surface area contributed by atoms with E-state index in [-0.39, 0.29) is 51.1 Å². The van der Waals surface area contributed by atoms with Crippen LogP contribution < -0.4 is 11.2 Å². The van der Waals surface area contributed by atoms with E-state index in [1.807, 2.05) is 18.2 Å². The van der Waals surface area contributed by atoms with Crippen LogP contribution in [0, 0.1) is 0 Å². The van der Waals surface area contributed by atoms with Gasteiger partial charge in [-0.15, -0.1) is 0 Å². The lowest BCUT2D eigenvalue weighted by atomic mass is 9.85. The first-order valence-electron chi connectivity index (χ1n) is 12.7. The molecule has 0 radical (unpaired) electrons. The number of aromatic nitrogens is 1. The average Bonchev–Trinajstić information content (AvgIpc) is 2.94. The van der Waals surface area contributed by atoms with Crippen LogP contribution in [-0.4, -0.2) is 27.9 Å². The fourth-order valence-electron chi connectivity index (χ4n) is 5.71. The molecular formula is C31H25NO7. The Morgan fingerprint density at radius 1 is 1.05 bits per heavy atom. The summed E-state index contributed by atoms with van der Waals surface area (Å²) in [4.78, 5) is 39.7. The number of hydrogen-bond acceptors (Lipinski definition) is 7. The van der Waals surface area contributed by atoms with Gasteiger partial charge in [-0.3, -0.25) is 9.59 Å². The number of aromatic hydroxyl groups is 2. The van der Waals surface area contributed by atoms with Crippen molar-refractivity contribution in [2.75, 3.05) is 7.11 Å². The molecule has 3 aromatic carbocycles. The first-order valence-corrected chi connectivity index (χ1v) is 12.7. The lowest BCUT2D eigenvalue weighted by Crippen LogP contribution is -2.30. The molecular weight excluding hydrogens is 498 g/mol.